The molecular formula is C19H25FIN5O. The molecule has 0 aliphatic heterocycles. The van der Waals surface area contributed by atoms with Gasteiger partial charge in [-0.15, -0.1) is 24.0 Å². The van der Waals surface area contributed by atoms with Gasteiger partial charge in [0.15, 0.2) is 11.7 Å². The molecule has 0 atom stereocenters. The summed E-state index contributed by atoms with van der Waals surface area (Å²) in [5.74, 6) is 1.57. The Morgan fingerprint density at radius 3 is 2.81 bits per heavy atom. The van der Waals surface area contributed by atoms with E-state index in [1.54, 1.807) is 13.1 Å². The van der Waals surface area contributed by atoms with E-state index in [9.17, 15) is 4.39 Å². The smallest absolute Gasteiger partial charge is 0.191 e. The second-order valence-electron chi connectivity index (χ2n) is 6.48. The Labute approximate surface area is 175 Å². The second-order valence-corrected chi connectivity index (χ2v) is 6.48. The van der Waals surface area contributed by atoms with E-state index in [1.807, 2.05) is 12.3 Å². The minimum absolute atomic E-state index is 0. The van der Waals surface area contributed by atoms with Crippen LogP contribution in [0.25, 0.3) is 10.9 Å². The molecular weight excluding hydrogens is 460 g/mol. The Bertz CT molecular complexity index is 903. The normalized spacial score (nSPS) is 11.7. The molecule has 0 fully saturated rings. The van der Waals surface area contributed by atoms with Crippen LogP contribution in [0.2, 0.25) is 0 Å². The summed E-state index contributed by atoms with van der Waals surface area (Å²) in [6.45, 7) is 5.38. The Morgan fingerprint density at radius 2 is 2.11 bits per heavy atom. The molecule has 0 bridgehead atoms. The molecule has 2 aromatic heterocycles. The van der Waals surface area contributed by atoms with Crippen molar-refractivity contribution in [1.29, 1.82) is 0 Å². The van der Waals surface area contributed by atoms with Crippen LogP contribution in [-0.2, 0) is 13.0 Å². The third-order valence-electron chi connectivity index (χ3n) is 4.24. The summed E-state index contributed by atoms with van der Waals surface area (Å²) in [5, 5.41) is 11.6. The van der Waals surface area contributed by atoms with E-state index < -0.39 is 0 Å². The summed E-state index contributed by atoms with van der Waals surface area (Å²) in [5.41, 5.74) is 2.90. The van der Waals surface area contributed by atoms with Gasteiger partial charge in [0, 0.05) is 36.8 Å². The van der Waals surface area contributed by atoms with Gasteiger partial charge < -0.3 is 20.1 Å². The van der Waals surface area contributed by atoms with Crippen molar-refractivity contribution < 1.29 is 8.91 Å². The maximum atomic E-state index is 13.3. The zero-order valence-electron chi connectivity index (χ0n) is 15.7. The van der Waals surface area contributed by atoms with E-state index in [4.69, 9.17) is 4.52 Å². The van der Waals surface area contributed by atoms with Gasteiger partial charge >= 0.3 is 0 Å². The van der Waals surface area contributed by atoms with Crippen LogP contribution >= 0.6 is 24.0 Å². The van der Waals surface area contributed by atoms with Gasteiger partial charge in [0.1, 0.15) is 5.82 Å². The summed E-state index contributed by atoms with van der Waals surface area (Å²) in [4.78, 5) is 7.32. The Morgan fingerprint density at radius 1 is 1.30 bits per heavy atom. The quantitative estimate of drug-likeness (QED) is 0.281. The molecule has 27 heavy (non-hydrogen) atoms. The number of hydrogen-bond acceptors (Lipinski definition) is 3. The molecule has 3 rings (SSSR count). The molecule has 2 heterocycles. The van der Waals surface area contributed by atoms with Gasteiger partial charge in [0.05, 0.1) is 12.2 Å². The van der Waals surface area contributed by atoms with Gasteiger partial charge in [-0.3, -0.25) is 4.99 Å². The van der Waals surface area contributed by atoms with Crippen LogP contribution in [-0.4, -0.2) is 29.7 Å². The van der Waals surface area contributed by atoms with Gasteiger partial charge in [-0.25, -0.2) is 4.39 Å². The van der Waals surface area contributed by atoms with Crippen molar-refractivity contribution in [3.05, 3.63) is 53.3 Å². The molecule has 8 heteroatoms. The molecule has 0 saturated heterocycles. The highest BCUT2D eigenvalue weighted by Crippen LogP contribution is 2.19. The van der Waals surface area contributed by atoms with Crippen LogP contribution in [0.4, 0.5) is 4.39 Å². The molecule has 3 aromatic rings. The molecule has 0 spiro atoms. The lowest BCUT2D eigenvalue weighted by atomic mass is 10.1. The Hall–Kier alpha value is -2.10. The van der Waals surface area contributed by atoms with Crippen LogP contribution in [0, 0.1) is 5.82 Å². The first-order chi connectivity index (χ1) is 12.6. The zero-order valence-corrected chi connectivity index (χ0v) is 18.0. The largest absolute Gasteiger partial charge is 0.361 e. The lowest BCUT2D eigenvalue weighted by Gasteiger charge is -2.10. The molecule has 0 aliphatic rings. The second kappa shape index (κ2) is 9.72. The fraction of sp³-hybridized carbons (Fsp3) is 0.368. The van der Waals surface area contributed by atoms with Gasteiger partial charge in [0.2, 0.25) is 0 Å². The highest BCUT2D eigenvalue weighted by Gasteiger charge is 2.09. The fourth-order valence-corrected chi connectivity index (χ4v) is 2.76. The minimum Gasteiger partial charge on any atom is -0.361 e. The molecule has 6 nitrogen and oxygen atoms in total. The highest BCUT2D eigenvalue weighted by atomic mass is 127. The molecule has 1 aromatic carbocycles. The first kappa shape index (κ1) is 21.2. The number of fused-ring (bicyclic) bond motifs is 1. The number of aromatic nitrogens is 2. The number of rotatable bonds is 6. The predicted molar refractivity (Wildman–Crippen MR) is 116 cm³/mol. The summed E-state index contributed by atoms with van der Waals surface area (Å²) in [6.07, 6.45) is 2.72. The summed E-state index contributed by atoms with van der Waals surface area (Å²) < 4.78 is 18.6. The maximum absolute atomic E-state index is 13.3. The molecule has 0 amide bonds. The number of aliphatic imine (C=N–C) groups is 1. The van der Waals surface area contributed by atoms with Crippen molar-refractivity contribution in [2.45, 2.75) is 32.7 Å². The van der Waals surface area contributed by atoms with Crippen molar-refractivity contribution in [2.24, 2.45) is 4.99 Å². The number of benzene rings is 1. The van der Waals surface area contributed by atoms with Crippen molar-refractivity contribution in [2.75, 3.05) is 13.6 Å². The molecule has 0 aliphatic carbocycles. The van der Waals surface area contributed by atoms with Crippen molar-refractivity contribution >= 4 is 40.8 Å². The zero-order chi connectivity index (χ0) is 18.5. The topological polar surface area (TPSA) is 78.2 Å². The average Bonchev–Trinajstić information content (AvgIpc) is 3.25. The van der Waals surface area contributed by atoms with Gasteiger partial charge in [-0.2, -0.15) is 0 Å². The molecule has 146 valence electrons. The summed E-state index contributed by atoms with van der Waals surface area (Å²) in [6, 6.07) is 6.75. The number of nitrogens with zero attached hydrogens (tertiary/aromatic N) is 2. The van der Waals surface area contributed by atoms with Crippen LogP contribution in [0.3, 0.4) is 0 Å². The third-order valence-corrected chi connectivity index (χ3v) is 4.24. The number of nitrogens with one attached hydrogen (secondary N) is 3. The van der Waals surface area contributed by atoms with Crippen LogP contribution in [0.5, 0.6) is 0 Å². The van der Waals surface area contributed by atoms with Gasteiger partial charge in [0.25, 0.3) is 0 Å². The highest BCUT2D eigenvalue weighted by molar-refractivity contribution is 14.0. The molecule has 0 saturated carbocycles. The van der Waals surface area contributed by atoms with Gasteiger partial charge in [-0.05, 0) is 36.1 Å². The molecule has 0 unspecified atom stereocenters. The predicted octanol–water partition coefficient (Wildman–Crippen LogP) is 3.94. The standard InChI is InChI=1S/C19H24FN5O.HI/c1-12(2)17-9-15(26-25-17)11-24-19(21-3)22-7-6-13-10-23-18-8-14(20)4-5-16(13)18;/h4-5,8-10,12,23H,6-7,11H2,1-3H3,(H2,21,22,24);1H. The van der Waals surface area contributed by atoms with Gasteiger partial charge in [-0.1, -0.05) is 19.0 Å². The van der Waals surface area contributed by atoms with E-state index in [0.717, 1.165) is 34.3 Å². The van der Waals surface area contributed by atoms with E-state index in [-0.39, 0.29) is 29.8 Å². The van der Waals surface area contributed by atoms with E-state index >= 15 is 0 Å². The molecule has 0 radical (unpaired) electrons. The number of hydrogen-bond donors (Lipinski definition) is 3. The summed E-state index contributed by atoms with van der Waals surface area (Å²) >= 11 is 0. The lowest BCUT2D eigenvalue weighted by molar-refractivity contribution is 0.372. The first-order valence-corrected chi connectivity index (χ1v) is 8.72. The van der Waals surface area contributed by atoms with Crippen molar-refractivity contribution in [3.8, 4) is 0 Å². The van der Waals surface area contributed by atoms with Crippen LogP contribution in [0.1, 0.15) is 36.8 Å². The number of guanidine groups is 1. The number of H-pyrrole nitrogens is 1. The Kier molecular flexibility index (Phi) is 7.64. The molecule has 3 N–H and O–H groups in total. The van der Waals surface area contributed by atoms with Crippen LogP contribution < -0.4 is 10.6 Å². The Balaban J connectivity index is 0.00000261. The minimum atomic E-state index is -0.235. The summed E-state index contributed by atoms with van der Waals surface area (Å²) in [7, 11) is 1.73. The first-order valence-electron chi connectivity index (χ1n) is 8.72. The van der Waals surface area contributed by atoms with E-state index in [1.165, 1.54) is 12.1 Å². The fourth-order valence-electron chi connectivity index (χ4n) is 2.76. The number of aromatic amines is 1. The van der Waals surface area contributed by atoms with E-state index in [0.29, 0.717) is 25.0 Å². The lowest BCUT2D eigenvalue weighted by Crippen LogP contribution is -2.37. The van der Waals surface area contributed by atoms with Crippen LogP contribution in [0.15, 0.2) is 40.0 Å². The monoisotopic (exact) mass is 485 g/mol. The third kappa shape index (κ3) is 5.44. The van der Waals surface area contributed by atoms with E-state index in [2.05, 4.69) is 39.6 Å². The maximum Gasteiger partial charge on any atom is 0.191 e. The average molecular weight is 485 g/mol. The van der Waals surface area contributed by atoms with Crippen molar-refractivity contribution in [3.63, 3.8) is 0 Å². The SMILES string of the molecule is CN=C(NCCc1c[nH]c2cc(F)ccc12)NCc1cc(C(C)C)no1.I. The van der Waals surface area contributed by atoms with Crippen molar-refractivity contribution in [1.82, 2.24) is 20.8 Å². The number of halogens is 2.